The van der Waals surface area contributed by atoms with Gasteiger partial charge in [0.2, 0.25) is 5.69 Å². The molecule has 0 aliphatic heterocycles. The van der Waals surface area contributed by atoms with Gasteiger partial charge in [-0.25, -0.2) is 0 Å². The average molecular weight is 129 g/mol. The Morgan fingerprint density at radius 1 is 1.75 bits per heavy atom. The van der Waals surface area contributed by atoms with Crippen molar-refractivity contribution in [3.8, 4) is 0 Å². The van der Waals surface area contributed by atoms with Crippen molar-refractivity contribution in [1.29, 1.82) is 0 Å². The highest BCUT2D eigenvalue weighted by atomic mass is 32.1. The Hall–Kier alpha value is -0.440. The molecule has 0 radical (unpaired) electrons. The first kappa shape index (κ1) is 5.69. The lowest BCUT2D eigenvalue weighted by molar-refractivity contribution is -0.733. The predicted molar refractivity (Wildman–Crippen MR) is 34.0 cm³/mol. The zero-order chi connectivity index (χ0) is 6.15. The maximum Gasteiger partial charge on any atom is 0.217 e. The van der Waals surface area contributed by atoms with Crippen molar-refractivity contribution < 1.29 is 4.68 Å². The number of nitrogens with one attached hydrogen (secondary N) is 1. The number of aromatic nitrogens is 2. The molecule has 0 aliphatic carbocycles. The summed E-state index contributed by atoms with van der Waals surface area (Å²) in [6, 6.07) is 0. The van der Waals surface area contributed by atoms with E-state index in [0.717, 1.165) is 10.6 Å². The number of hydrogen-bond donors (Lipinski definition) is 2. The van der Waals surface area contributed by atoms with Crippen LogP contribution in [0.2, 0.25) is 0 Å². The van der Waals surface area contributed by atoms with Gasteiger partial charge in [0.05, 0.1) is 11.1 Å². The molecule has 3 heteroatoms. The molecule has 1 heterocycles. The fourth-order valence-electron chi connectivity index (χ4n) is 0.531. The van der Waals surface area contributed by atoms with E-state index >= 15 is 0 Å². The normalized spacial score (nSPS) is 9.88. The van der Waals surface area contributed by atoms with Gasteiger partial charge in [-0.2, -0.15) is 5.10 Å². The van der Waals surface area contributed by atoms with Gasteiger partial charge in [0.15, 0.2) is 7.05 Å². The molecule has 0 unspecified atom stereocenters. The first-order valence-corrected chi connectivity index (χ1v) is 2.89. The third-order valence-electron chi connectivity index (χ3n) is 1.27. The first-order chi connectivity index (χ1) is 3.72. The van der Waals surface area contributed by atoms with Gasteiger partial charge < -0.3 is 0 Å². The molecule has 0 aliphatic rings. The highest BCUT2D eigenvalue weighted by Crippen LogP contribution is 2.03. The average Bonchev–Trinajstić information content (AvgIpc) is 1.98. The zero-order valence-electron chi connectivity index (χ0n) is 4.97. The fourth-order valence-corrected chi connectivity index (χ4v) is 0.739. The molecule has 0 fully saturated rings. The molecular formula is C5H9N2S+. The summed E-state index contributed by atoms with van der Waals surface area (Å²) in [5.74, 6) is 0. The minimum absolute atomic E-state index is 1.01. The van der Waals surface area contributed by atoms with Gasteiger partial charge in [0, 0.05) is 6.92 Å². The van der Waals surface area contributed by atoms with Gasteiger partial charge in [-0.3, -0.25) is 0 Å². The van der Waals surface area contributed by atoms with Crippen LogP contribution in [-0.2, 0) is 7.05 Å². The van der Waals surface area contributed by atoms with E-state index in [1.807, 2.05) is 24.9 Å². The number of thiol groups is 1. The predicted octanol–water partition coefficient (Wildman–Crippen LogP) is 0.436. The lowest BCUT2D eigenvalue weighted by Gasteiger charge is -1.78. The van der Waals surface area contributed by atoms with Crippen LogP contribution in [0, 0.1) is 6.92 Å². The molecule has 1 rings (SSSR count). The summed E-state index contributed by atoms with van der Waals surface area (Å²) in [4.78, 5) is 1.01. The number of nitrogens with zero attached hydrogens (tertiary/aromatic N) is 1. The van der Waals surface area contributed by atoms with Gasteiger partial charge in [-0.1, -0.05) is 0 Å². The Kier molecular flexibility index (Phi) is 1.29. The van der Waals surface area contributed by atoms with E-state index in [2.05, 4.69) is 17.7 Å². The van der Waals surface area contributed by atoms with E-state index in [0.29, 0.717) is 0 Å². The summed E-state index contributed by atoms with van der Waals surface area (Å²) in [6.45, 7) is 2.01. The van der Waals surface area contributed by atoms with Gasteiger partial charge in [0.1, 0.15) is 0 Å². The molecule has 0 spiro atoms. The van der Waals surface area contributed by atoms with Crippen LogP contribution < -0.4 is 4.68 Å². The maximum atomic E-state index is 4.17. The van der Waals surface area contributed by atoms with Crippen molar-refractivity contribution in [2.45, 2.75) is 11.8 Å². The molecule has 0 amide bonds. The third-order valence-corrected chi connectivity index (χ3v) is 1.72. The number of rotatable bonds is 0. The van der Waals surface area contributed by atoms with E-state index in [1.54, 1.807) is 0 Å². The monoisotopic (exact) mass is 129 g/mol. The topological polar surface area (TPSA) is 19.7 Å². The minimum atomic E-state index is 1.01. The van der Waals surface area contributed by atoms with Crippen molar-refractivity contribution in [1.82, 2.24) is 5.10 Å². The van der Waals surface area contributed by atoms with Crippen LogP contribution in [0.4, 0.5) is 0 Å². The Labute approximate surface area is 53.9 Å². The Balaban J connectivity index is 3.19. The summed E-state index contributed by atoms with van der Waals surface area (Å²) in [5, 5.41) is 2.98. The van der Waals surface area contributed by atoms with E-state index in [4.69, 9.17) is 0 Å². The number of aryl methyl sites for hydroxylation is 1. The molecule has 0 saturated carbocycles. The number of H-pyrrole nitrogens is 1. The van der Waals surface area contributed by atoms with Crippen LogP contribution in [0.25, 0.3) is 0 Å². The van der Waals surface area contributed by atoms with Crippen LogP contribution in [0.5, 0.6) is 0 Å². The molecule has 0 atom stereocenters. The lowest BCUT2D eigenvalue weighted by Crippen LogP contribution is -2.32. The summed E-state index contributed by atoms with van der Waals surface area (Å²) in [7, 11) is 1.95. The molecule has 1 aromatic heterocycles. The summed E-state index contributed by atoms with van der Waals surface area (Å²) in [6.07, 6.45) is 1.86. The molecule has 0 saturated heterocycles. The molecular weight excluding hydrogens is 120 g/mol. The second-order valence-corrected chi connectivity index (χ2v) is 2.28. The second kappa shape index (κ2) is 1.82. The van der Waals surface area contributed by atoms with Crippen molar-refractivity contribution >= 4 is 12.6 Å². The van der Waals surface area contributed by atoms with Gasteiger partial charge in [0.25, 0.3) is 0 Å². The van der Waals surface area contributed by atoms with E-state index < -0.39 is 0 Å². The molecule has 8 heavy (non-hydrogen) atoms. The van der Waals surface area contributed by atoms with Crippen LogP contribution in [0.3, 0.4) is 0 Å². The molecule has 44 valence electrons. The maximum absolute atomic E-state index is 4.17. The number of hydrogen-bond acceptors (Lipinski definition) is 1. The molecule has 0 bridgehead atoms. The summed E-state index contributed by atoms with van der Waals surface area (Å²) >= 11 is 4.17. The Bertz CT molecular complexity index is 173. The Morgan fingerprint density at radius 3 is 2.50 bits per heavy atom. The van der Waals surface area contributed by atoms with Crippen LogP contribution in [0.15, 0.2) is 11.1 Å². The smallest absolute Gasteiger partial charge is 0.172 e. The van der Waals surface area contributed by atoms with E-state index in [-0.39, 0.29) is 0 Å². The van der Waals surface area contributed by atoms with Crippen molar-refractivity contribution in [2.75, 3.05) is 0 Å². The molecule has 0 aromatic carbocycles. The number of aromatic amines is 1. The quantitative estimate of drug-likeness (QED) is 0.374. The summed E-state index contributed by atoms with van der Waals surface area (Å²) in [5.41, 5.74) is 1.16. The second-order valence-electron chi connectivity index (χ2n) is 1.80. The first-order valence-electron chi connectivity index (χ1n) is 2.45. The van der Waals surface area contributed by atoms with Gasteiger partial charge >= 0.3 is 0 Å². The Morgan fingerprint density at radius 2 is 2.38 bits per heavy atom. The molecule has 2 nitrogen and oxygen atoms in total. The van der Waals surface area contributed by atoms with Gasteiger partial charge in [-0.15, -0.1) is 17.3 Å². The van der Waals surface area contributed by atoms with Crippen molar-refractivity contribution in [2.24, 2.45) is 7.05 Å². The van der Waals surface area contributed by atoms with E-state index in [9.17, 15) is 0 Å². The highest BCUT2D eigenvalue weighted by molar-refractivity contribution is 7.80. The van der Waals surface area contributed by atoms with E-state index in [1.165, 1.54) is 0 Å². The largest absolute Gasteiger partial charge is 0.217 e. The van der Waals surface area contributed by atoms with Crippen LogP contribution >= 0.6 is 12.6 Å². The fraction of sp³-hybridized carbons (Fsp3) is 0.400. The molecule has 1 aromatic rings. The summed E-state index contributed by atoms with van der Waals surface area (Å²) < 4.78 is 1.92. The van der Waals surface area contributed by atoms with Crippen LogP contribution in [-0.4, -0.2) is 5.10 Å². The molecule has 1 N–H and O–H groups in total. The van der Waals surface area contributed by atoms with Crippen molar-refractivity contribution in [3.05, 3.63) is 11.9 Å². The minimum Gasteiger partial charge on any atom is -0.172 e. The van der Waals surface area contributed by atoms with Crippen molar-refractivity contribution in [3.63, 3.8) is 0 Å². The zero-order valence-corrected chi connectivity index (χ0v) is 5.87. The van der Waals surface area contributed by atoms with Gasteiger partial charge in [-0.05, 0) is 0 Å². The van der Waals surface area contributed by atoms with Crippen LogP contribution in [0.1, 0.15) is 5.69 Å². The standard InChI is InChI=1S/C5H8N2S/c1-4-5(8)3-6-7(4)2/h3,8H,1-2H3/p+1. The SMILES string of the molecule is Cc1c(S)c[nH][n+]1C. The lowest BCUT2D eigenvalue weighted by atomic mass is 10.5. The highest BCUT2D eigenvalue weighted by Gasteiger charge is 2.04. The third kappa shape index (κ3) is 0.733.